The van der Waals surface area contributed by atoms with Crippen LogP contribution in [0.2, 0.25) is 0 Å². The molecule has 0 aromatic carbocycles. The first-order valence-corrected chi connectivity index (χ1v) is 7.90. The number of hydrogen-bond acceptors (Lipinski definition) is 3. The highest BCUT2D eigenvalue weighted by molar-refractivity contribution is 9.10. The number of alkyl halides is 3. The minimum absolute atomic E-state index is 0.0671. The van der Waals surface area contributed by atoms with Gasteiger partial charge >= 0.3 is 6.18 Å². The quantitative estimate of drug-likeness (QED) is 0.857. The van der Waals surface area contributed by atoms with Crippen LogP contribution in [-0.2, 0) is 6.18 Å². The van der Waals surface area contributed by atoms with Crippen LogP contribution in [0.3, 0.4) is 0 Å². The number of anilines is 1. The largest absolute Gasteiger partial charge is 0.419 e. The normalized spacial score (nSPS) is 17.9. The maximum absolute atomic E-state index is 12.9. The summed E-state index contributed by atoms with van der Waals surface area (Å²) in [6.07, 6.45) is 2.20. The van der Waals surface area contributed by atoms with E-state index in [1.807, 2.05) is 6.26 Å². The Bertz CT molecular complexity index is 455. The van der Waals surface area contributed by atoms with Gasteiger partial charge in [-0.05, 0) is 41.1 Å². The first-order chi connectivity index (χ1) is 8.86. The minimum Gasteiger partial charge on any atom is -0.368 e. The first kappa shape index (κ1) is 15.0. The molecule has 0 unspecified atom stereocenters. The molecule has 7 heteroatoms. The Morgan fingerprint density at radius 3 is 2.63 bits per heavy atom. The highest BCUT2D eigenvalue weighted by Gasteiger charge is 2.38. The molecule has 1 aromatic rings. The number of halogens is 4. The molecule has 2 rings (SSSR count). The van der Waals surface area contributed by atoms with Gasteiger partial charge < -0.3 is 5.32 Å². The molecule has 1 N–H and O–H groups in total. The number of nitrogens with one attached hydrogen (secondary N) is 1. The second-order valence-electron chi connectivity index (χ2n) is 4.64. The van der Waals surface area contributed by atoms with Crippen molar-refractivity contribution in [2.24, 2.45) is 0 Å². The fraction of sp³-hybridized carbons (Fsp3) is 0.583. The zero-order valence-electron chi connectivity index (χ0n) is 10.4. The van der Waals surface area contributed by atoms with Gasteiger partial charge in [-0.15, -0.1) is 0 Å². The fourth-order valence-electron chi connectivity index (χ4n) is 2.07. The van der Waals surface area contributed by atoms with E-state index < -0.39 is 11.7 Å². The number of pyridine rings is 1. The lowest BCUT2D eigenvalue weighted by Gasteiger charge is -2.40. The van der Waals surface area contributed by atoms with Gasteiger partial charge in [0.25, 0.3) is 0 Å². The van der Waals surface area contributed by atoms with Crippen LogP contribution in [0.4, 0.5) is 19.0 Å². The van der Waals surface area contributed by atoms with Gasteiger partial charge in [0.15, 0.2) is 0 Å². The van der Waals surface area contributed by atoms with Gasteiger partial charge in [0.1, 0.15) is 5.82 Å². The van der Waals surface area contributed by atoms with Crippen molar-refractivity contribution in [3.05, 3.63) is 22.3 Å². The molecule has 0 atom stereocenters. The molecule has 1 aliphatic carbocycles. The maximum Gasteiger partial charge on any atom is 0.419 e. The van der Waals surface area contributed by atoms with E-state index in [4.69, 9.17) is 0 Å². The average Bonchev–Trinajstić information content (AvgIpc) is 2.28. The molecule has 0 radical (unpaired) electrons. The molecule has 0 saturated heterocycles. The minimum atomic E-state index is -4.40. The summed E-state index contributed by atoms with van der Waals surface area (Å²) in [7, 11) is 0. The van der Waals surface area contributed by atoms with Crippen molar-refractivity contribution < 1.29 is 13.2 Å². The summed E-state index contributed by atoms with van der Waals surface area (Å²) in [6, 6.07) is 1.06. The molecule has 0 aliphatic heterocycles. The van der Waals surface area contributed by atoms with Gasteiger partial charge in [0, 0.05) is 22.0 Å². The van der Waals surface area contributed by atoms with Crippen molar-refractivity contribution in [3.8, 4) is 0 Å². The van der Waals surface area contributed by atoms with Gasteiger partial charge in [-0.1, -0.05) is 6.42 Å². The van der Waals surface area contributed by atoms with E-state index in [-0.39, 0.29) is 10.6 Å². The van der Waals surface area contributed by atoms with Gasteiger partial charge in [-0.2, -0.15) is 24.9 Å². The van der Waals surface area contributed by atoms with Crippen LogP contribution in [0, 0.1) is 0 Å². The van der Waals surface area contributed by atoms with E-state index in [9.17, 15) is 13.2 Å². The van der Waals surface area contributed by atoms with E-state index >= 15 is 0 Å². The van der Waals surface area contributed by atoms with Crippen molar-refractivity contribution in [3.63, 3.8) is 0 Å². The monoisotopic (exact) mass is 354 g/mol. The molecule has 1 saturated carbocycles. The number of thioether (sulfide) groups is 1. The van der Waals surface area contributed by atoms with Crippen molar-refractivity contribution in [2.75, 3.05) is 18.1 Å². The molecular formula is C12H14BrF3N2S. The molecule has 1 aromatic heterocycles. The highest BCUT2D eigenvalue weighted by Crippen LogP contribution is 2.43. The number of rotatable bonds is 4. The van der Waals surface area contributed by atoms with Gasteiger partial charge in [-0.25, -0.2) is 4.98 Å². The molecule has 1 aliphatic rings. The zero-order valence-corrected chi connectivity index (χ0v) is 12.8. The van der Waals surface area contributed by atoms with Crippen LogP contribution in [-0.4, -0.2) is 22.5 Å². The third-order valence-corrected chi connectivity index (χ3v) is 5.29. The summed E-state index contributed by atoms with van der Waals surface area (Å²) in [5, 5.41) is 2.87. The third kappa shape index (κ3) is 3.37. The zero-order chi connectivity index (χ0) is 14.1. The maximum atomic E-state index is 12.9. The Balaban J connectivity index is 2.16. The van der Waals surface area contributed by atoms with Crippen molar-refractivity contribution in [1.29, 1.82) is 0 Å². The van der Waals surface area contributed by atoms with E-state index in [0.29, 0.717) is 11.0 Å². The standard InChI is InChI=1S/C12H14BrF3N2S/c1-19-11(3-2-4-11)7-18-10-9(12(14,15)16)5-8(13)6-17-10/h5-6H,2-4,7H2,1H3,(H,17,18). The fourth-order valence-corrected chi connectivity index (χ4v) is 3.31. The molecule has 19 heavy (non-hydrogen) atoms. The lowest BCUT2D eigenvalue weighted by atomic mass is 9.84. The van der Waals surface area contributed by atoms with Crippen molar-refractivity contribution >= 4 is 33.5 Å². The summed E-state index contributed by atoms with van der Waals surface area (Å²) >= 11 is 4.74. The van der Waals surface area contributed by atoms with Crippen molar-refractivity contribution in [1.82, 2.24) is 4.98 Å². The predicted molar refractivity (Wildman–Crippen MR) is 75.5 cm³/mol. The molecule has 1 heterocycles. The van der Waals surface area contributed by atoms with Crippen LogP contribution in [0.1, 0.15) is 24.8 Å². The molecular weight excluding hydrogens is 341 g/mol. The Morgan fingerprint density at radius 2 is 2.16 bits per heavy atom. The number of aromatic nitrogens is 1. The first-order valence-electron chi connectivity index (χ1n) is 5.88. The predicted octanol–water partition coefficient (Wildman–Crippen LogP) is 4.56. The lowest BCUT2D eigenvalue weighted by molar-refractivity contribution is -0.137. The topological polar surface area (TPSA) is 24.9 Å². The summed E-state index contributed by atoms with van der Waals surface area (Å²) in [5.41, 5.74) is -0.725. The summed E-state index contributed by atoms with van der Waals surface area (Å²) < 4.78 is 39.2. The van der Waals surface area contributed by atoms with Crippen LogP contribution in [0.15, 0.2) is 16.7 Å². The van der Waals surface area contributed by atoms with Gasteiger partial charge in [0.2, 0.25) is 0 Å². The summed E-state index contributed by atoms with van der Waals surface area (Å²) in [4.78, 5) is 3.85. The second-order valence-corrected chi connectivity index (χ2v) is 6.83. The Hall–Kier alpha value is -0.430. The third-order valence-electron chi connectivity index (χ3n) is 3.44. The second kappa shape index (κ2) is 5.52. The van der Waals surface area contributed by atoms with Crippen molar-refractivity contribution in [2.45, 2.75) is 30.2 Å². The molecule has 106 valence electrons. The molecule has 0 spiro atoms. The van der Waals surface area contributed by atoms with Gasteiger partial charge in [0.05, 0.1) is 5.56 Å². The van der Waals surface area contributed by atoms with E-state index in [1.165, 1.54) is 6.20 Å². The van der Waals surface area contributed by atoms with Crippen LogP contribution >= 0.6 is 27.7 Å². The molecule has 1 fully saturated rings. The van der Waals surface area contributed by atoms with E-state index in [2.05, 4.69) is 26.2 Å². The Morgan fingerprint density at radius 1 is 1.47 bits per heavy atom. The van der Waals surface area contributed by atoms with E-state index in [1.54, 1.807) is 11.8 Å². The lowest BCUT2D eigenvalue weighted by Crippen LogP contribution is -2.40. The Labute approximate surface area is 122 Å². The molecule has 0 bridgehead atoms. The Kier molecular flexibility index (Phi) is 4.35. The number of hydrogen-bond donors (Lipinski definition) is 1. The van der Waals surface area contributed by atoms with Gasteiger partial charge in [-0.3, -0.25) is 0 Å². The van der Waals surface area contributed by atoms with E-state index in [0.717, 1.165) is 25.3 Å². The average molecular weight is 355 g/mol. The van der Waals surface area contributed by atoms with Crippen LogP contribution in [0.25, 0.3) is 0 Å². The smallest absolute Gasteiger partial charge is 0.368 e. The molecule has 2 nitrogen and oxygen atoms in total. The number of nitrogens with zero attached hydrogens (tertiary/aromatic N) is 1. The SMILES string of the molecule is CSC1(CNc2ncc(Br)cc2C(F)(F)F)CCC1. The molecule has 0 amide bonds. The summed E-state index contributed by atoms with van der Waals surface area (Å²) in [5.74, 6) is -0.0870. The summed E-state index contributed by atoms with van der Waals surface area (Å²) in [6.45, 7) is 0.520. The van der Waals surface area contributed by atoms with Crippen LogP contribution < -0.4 is 5.32 Å². The van der Waals surface area contributed by atoms with Crippen LogP contribution in [0.5, 0.6) is 0 Å². The highest BCUT2D eigenvalue weighted by atomic mass is 79.9.